The minimum absolute atomic E-state index is 0.722. The van der Waals surface area contributed by atoms with Gasteiger partial charge in [0.2, 0.25) is 0 Å². The second-order valence-electron chi connectivity index (χ2n) is 3.34. The Morgan fingerprint density at radius 1 is 1.47 bits per heavy atom. The van der Waals surface area contributed by atoms with Gasteiger partial charge < -0.3 is 9.88 Å². The molecule has 2 aromatic rings. The zero-order valence-electron chi connectivity index (χ0n) is 8.98. The topological polar surface area (TPSA) is 55.6 Å². The molecule has 0 aliphatic heterocycles. The Morgan fingerprint density at radius 3 is 2.87 bits per heavy atom. The molecule has 0 amide bonds. The van der Waals surface area contributed by atoms with Crippen molar-refractivity contribution < 1.29 is 0 Å². The van der Waals surface area contributed by atoms with Crippen LogP contribution in [0.1, 0.15) is 17.1 Å². The smallest absolute Gasteiger partial charge is 0.134 e. The molecule has 2 aromatic heterocycles. The van der Waals surface area contributed by atoms with Crippen LogP contribution in [-0.2, 0) is 6.54 Å². The van der Waals surface area contributed by atoms with E-state index in [1.54, 1.807) is 0 Å². The van der Waals surface area contributed by atoms with Crippen LogP contribution in [0.3, 0.4) is 0 Å². The summed E-state index contributed by atoms with van der Waals surface area (Å²) in [4.78, 5) is 4.25. The summed E-state index contributed by atoms with van der Waals surface area (Å²) in [5, 5.41) is 8.19. The van der Waals surface area contributed by atoms with Crippen LogP contribution in [0.4, 0.5) is 5.00 Å². The van der Waals surface area contributed by atoms with E-state index in [1.165, 1.54) is 17.2 Å². The summed E-state index contributed by atoms with van der Waals surface area (Å²) >= 11 is 1.38. The molecule has 0 fully saturated rings. The van der Waals surface area contributed by atoms with E-state index in [0.717, 1.165) is 22.9 Å². The molecule has 6 heteroatoms. The molecule has 0 saturated heterocycles. The Labute approximate surface area is 92.3 Å². The summed E-state index contributed by atoms with van der Waals surface area (Å²) in [6.07, 6.45) is 1.84. The molecule has 0 radical (unpaired) electrons. The summed E-state index contributed by atoms with van der Waals surface area (Å²) in [6, 6.07) is 0. The SMILES string of the molecule is CNc1snnc1Cn1cnc(C)c1C. The van der Waals surface area contributed by atoms with Crippen LogP contribution < -0.4 is 5.32 Å². The number of nitrogens with zero attached hydrogens (tertiary/aromatic N) is 4. The number of anilines is 1. The number of rotatable bonds is 3. The molecule has 0 spiro atoms. The maximum atomic E-state index is 4.25. The minimum Gasteiger partial charge on any atom is -0.377 e. The Kier molecular flexibility index (Phi) is 2.68. The first-order chi connectivity index (χ1) is 7.22. The number of nitrogens with one attached hydrogen (secondary N) is 1. The van der Waals surface area contributed by atoms with Gasteiger partial charge in [0.05, 0.1) is 18.6 Å². The molecule has 0 saturated carbocycles. The summed E-state index contributed by atoms with van der Waals surface area (Å²) in [6.45, 7) is 4.78. The molecular weight excluding hydrogens is 210 g/mol. The lowest BCUT2D eigenvalue weighted by molar-refractivity contribution is 0.745. The molecule has 0 unspecified atom stereocenters. The number of aryl methyl sites for hydroxylation is 1. The fourth-order valence-electron chi connectivity index (χ4n) is 1.37. The molecule has 15 heavy (non-hydrogen) atoms. The Morgan fingerprint density at radius 2 is 2.27 bits per heavy atom. The molecule has 0 aliphatic carbocycles. The van der Waals surface area contributed by atoms with Gasteiger partial charge in [-0.2, -0.15) is 0 Å². The molecule has 0 aromatic carbocycles. The summed E-state index contributed by atoms with van der Waals surface area (Å²) in [5.74, 6) is 0. The van der Waals surface area contributed by atoms with E-state index >= 15 is 0 Å². The molecule has 80 valence electrons. The number of hydrogen-bond donors (Lipinski definition) is 1. The van der Waals surface area contributed by atoms with Crippen molar-refractivity contribution in [3.63, 3.8) is 0 Å². The van der Waals surface area contributed by atoms with Crippen molar-refractivity contribution in [3.05, 3.63) is 23.4 Å². The normalized spacial score (nSPS) is 10.6. The predicted molar refractivity (Wildman–Crippen MR) is 60.3 cm³/mol. The molecule has 0 aliphatic rings. The van der Waals surface area contributed by atoms with Crippen LogP contribution in [0.15, 0.2) is 6.33 Å². The van der Waals surface area contributed by atoms with E-state index in [-0.39, 0.29) is 0 Å². The van der Waals surface area contributed by atoms with Crippen molar-refractivity contribution in [3.8, 4) is 0 Å². The Balaban J connectivity index is 2.25. The lowest BCUT2D eigenvalue weighted by Crippen LogP contribution is -2.03. The molecule has 1 N–H and O–H groups in total. The Bertz CT molecular complexity index is 459. The zero-order chi connectivity index (χ0) is 10.8. The molecular formula is C9H13N5S. The first kappa shape index (κ1) is 10.1. The highest BCUT2D eigenvalue weighted by atomic mass is 32.1. The maximum absolute atomic E-state index is 4.25. The minimum atomic E-state index is 0.722. The van der Waals surface area contributed by atoms with Crippen LogP contribution in [-0.4, -0.2) is 26.2 Å². The highest BCUT2D eigenvalue weighted by Gasteiger charge is 2.09. The van der Waals surface area contributed by atoms with E-state index < -0.39 is 0 Å². The first-order valence-electron chi connectivity index (χ1n) is 4.69. The van der Waals surface area contributed by atoms with Crippen LogP contribution in [0.2, 0.25) is 0 Å². The van der Waals surface area contributed by atoms with Crippen LogP contribution in [0.25, 0.3) is 0 Å². The van der Waals surface area contributed by atoms with Crippen molar-refractivity contribution in [2.75, 3.05) is 12.4 Å². The third kappa shape index (κ3) is 1.85. The Hall–Kier alpha value is -1.43. The third-order valence-electron chi connectivity index (χ3n) is 2.45. The molecule has 2 rings (SSSR count). The molecule has 2 heterocycles. The average molecular weight is 223 g/mol. The highest BCUT2D eigenvalue weighted by Crippen LogP contribution is 2.18. The van der Waals surface area contributed by atoms with E-state index in [2.05, 4.69) is 31.4 Å². The second-order valence-corrected chi connectivity index (χ2v) is 4.10. The standard InChI is InChI=1S/C9H13N5S/c1-6-7(2)14(5-11-6)4-8-9(10-3)15-13-12-8/h5,10H,4H2,1-3H3. The van der Waals surface area contributed by atoms with Crippen LogP contribution in [0, 0.1) is 13.8 Å². The van der Waals surface area contributed by atoms with Crippen LogP contribution in [0.5, 0.6) is 0 Å². The molecule has 0 atom stereocenters. The first-order valence-corrected chi connectivity index (χ1v) is 5.47. The van der Waals surface area contributed by atoms with Crippen molar-refractivity contribution in [2.45, 2.75) is 20.4 Å². The van der Waals surface area contributed by atoms with Gasteiger partial charge in [-0.05, 0) is 13.8 Å². The largest absolute Gasteiger partial charge is 0.377 e. The number of imidazole rings is 1. The zero-order valence-corrected chi connectivity index (χ0v) is 9.80. The number of hydrogen-bond acceptors (Lipinski definition) is 5. The van der Waals surface area contributed by atoms with Crippen molar-refractivity contribution >= 4 is 16.5 Å². The van der Waals surface area contributed by atoms with Crippen molar-refractivity contribution in [2.24, 2.45) is 0 Å². The van der Waals surface area contributed by atoms with Gasteiger partial charge in [0.15, 0.2) is 0 Å². The van der Waals surface area contributed by atoms with Gasteiger partial charge in [-0.25, -0.2) is 4.98 Å². The number of aromatic nitrogens is 4. The van der Waals surface area contributed by atoms with Gasteiger partial charge in [-0.3, -0.25) is 0 Å². The summed E-state index contributed by atoms with van der Waals surface area (Å²) < 4.78 is 6.00. The molecule has 5 nitrogen and oxygen atoms in total. The van der Waals surface area contributed by atoms with E-state index in [0.29, 0.717) is 0 Å². The summed E-state index contributed by atoms with van der Waals surface area (Å²) in [5.41, 5.74) is 3.19. The molecule has 0 bridgehead atoms. The maximum Gasteiger partial charge on any atom is 0.134 e. The van der Waals surface area contributed by atoms with E-state index in [1.807, 2.05) is 20.3 Å². The van der Waals surface area contributed by atoms with Gasteiger partial charge >= 0.3 is 0 Å². The lowest BCUT2D eigenvalue weighted by atomic mass is 10.3. The van der Waals surface area contributed by atoms with Gasteiger partial charge in [-0.15, -0.1) is 5.10 Å². The van der Waals surface area contributed by atoms with Crippen molar-refractivity contribution in [1.82, 2.24) is 19.1 Å². The van der Waals surface area contributed by atoms with E-state index in [4.69, 9.17) is 0 Å². The fraction of sp³-hybridized carbons (Fsp3) is 0.444. The lowest BCUT2D eigenvalue weighted by Gasteiger charge is -2.04. The van der Waals surface area contributed by atoms with Gasteiger partial charge in [-0.1, -0.05) is 4.49 Å². The van der Waals surface area contributed by atoms with Crippen LogP contribution >= 0.6 is 11.5 Å². The second kappa shape index (κ2) is 3.98. The van der Waals surface area contributed by atoms with Crippen molar-refractivity contribution in [1.29, 1.82) is 0 Å². The monoisotopic (exact) mass is 223 g/mol. The average Bonchev–Trinajstić information content (AvgIpc) is 2.80. The van der Waals surface area contributed by atoms with Gasteiger partial charge in [0.1, 0.15) is 10.7 Å². The summed E-state index contributed by atoms with van der Waals surface area (Å²) in [7, 11) is 1.88. The van der Waals surface area contributed by atoms with Gasteiger partial charge in [0.25, 0.3) is 0 Å². The quantitative estimate of drug-likeness (QED) is 0.855. The highest BCUT2D eigenvalue weighted by molar-refractivity contribution is 7.10. The van der Waals surface area contributed by atoms with E-state index in [9.17, 15) is 0 Å². The fourth-order valence-corrected chi connectivity index (χ4v) is 1.89. The van der Waals surface area contributed by atoms with Gasteiger partial charge in [0, 0.05) is 24.3 Å². The predicted octanol–water partition coefficient (Wildman–Crippen LogP) is 1.44. The third-order valence-corrected chi connectivity index (χ3v) is 3.23.